The zero-order valence-electron chi connectivity index (χ0n) is 11.4. The molecule has 18 heavy (non-hydrogen) atoms. The van der Waals surface area contributed by atoms with E-state index in [2.05, 4.69) is 28.5 Å². The molecule has 0 saturated carbocycles. The fourth-order valence-corrected chi connectivity index (χ4v) is 1.78. The number of hydrogen-bond donors (Lipinski definition) is 1. The third-order valence-corrected chi connectivity index (χ3v) is 3.05. The van der Waals surface area contributed by atoms with Gasteiger partial charge in [-0.05, 0) is 63.9 Å². The zero-order valence-corrected chi connectivity index (χ0v) is 11.4. The Kier molecular flexibility index (Phi) is 6.38. The molecule has 0 atom stereocenters. The molecule has 1 aromatic rings. The van der Waals surface area contributed by atoms with E-state index in [0.717, 1.165) is 38.8 Å². The van der Waals surface area contributed by atoms with Crippen LogP contribution >= 0.6 is 0 Å². The third kappa shape index (κ3) is 6.36. The largest absolute Gasteiger partial charge is 0.316 e. The molecule has 0 aliphatic rings. The highest BCUT2D eigenvalue weighted by Gasteiger charge is 2.14. The first kappa shape index (κ1) is 14.7. The Morgan fingerprint density at radius 3 is 2.61 bits per heavy atom. The number of nitriles is 1. The molecule has 1 heterocycles. The molecule has 0 amide bonds. The van der Waals surface area contributed by atoms with E-state index in [-0.39, 0.29) is 5.41 Å². The standard InChI is InChI=1S/C15H23N3/c1-15(2,13-16)8-3-4-9-17-10-5-14-6-11-18-12-7-14/h6-7,11-12,17H,3-5,8-10H2,1-2H3. The summed E-state index contributed by atoms with van der Waals surface area (Å²) in [4.78, 5) is 4.00. The smallest absolute Gasteiger partial charge is 0.0683 e. The number of unbranched alkanes of at least 4 members (excludes halogenated alkanes) is 1. The van der Waals surface area contributed by atoms with Crippen molar-refractivity contribution in [3.63, 3.8) is 0 Å². The van der Waals surface area contributed by atoms with E-state index in [1.54, 1.807) is 0 Å². The Bertz CT molecular complexity index is 365. The fourth-order valence-electron chi connectivity index (χ4n) is 1.78. The highest BCUT2D eigenvalue weighted by Crippen LogP contribution is 2.21. The minimum Gasteiger partial charge on any atom is -0.316 e. The highest BCUT2D eigenvalue weighted by atomic mass is 14.8. The van der Waals surface area contributed by atoms with Crippen LogP contribution in [-0.2, 0) is 6.42 Å². The van der Waals surface area contributed by atoms with Crippen molar-refractivity contribution >= 4 is 0 Å². The Morgan fingerprint density at radius 2 is 1.94 bits per heavy atom. The van der Waals surface area contributed by atoms with Gasteiger partial charge in [-0.1, -0.05) is 6.42 Å². The molecule has 0 aromatic carbocycles. The molecule has 0 spiro atoms. The van der Waals surface area contributed by atoms with Crippen LogP contribution in [0.2, 0.25) is 0 Å². The Balaban J connectivity index is 1.98. The van der Waals surface area contributed by atoms with Crippen molar-refractivity contribution < 1.29 is 0 Å². The maximum absolute atomic E-state index is 8.89. The average molecular weight is 245 g/mol. The second-order valence-corrected chi connectivity index (χ2v) is 5.31. The maximum Gasteiger partial charge on any atom is 0.0683 e. The number of nitrogens with zero attached hydrogens (tertiary/aromatic N) is 2. The molecular formula is C15H23N3. The van der Waals surface area contributed by atoms with Gasteiger partial charge in [0.2, 0.25) is 0 Å². The van der Waals surface area contributed by atoms with Crippen molar-refractivity contribution in [2.75, 3.05) is 13.1 Å². The summed E-state index contributed by atoms with van der Waals surface area (Å²) in [5.41, 5.74) is 1.15. The van der Waals surface area contributed by atoms with Gasteiger partial charge in [0.15, 0.2) is 0 Å². The molecule has 98 valence electrons. The molecule has 0 aliphatic heterocycles. The molecule has 0 bridgehead atoms. The summed E-state index contributed by atoms with van der Waals surface area (Å²) in [7, 11) is 0. The quantitative estimate of drug-likeness (QED) is 0.716. The Hall–Kier alpha value is -1.40. The van der Waals surface area contributed by atoms with Gasteiger partial charge in [-0.25, -0.2) is 0 Å². The topological polar surface area (TPSA) is 48.7 Å². The summed E-state index contributed by atoms with van der Waals surface area (Å²) in [6.45, 7) is 6.05. The monoisotopic (exact) mass is 245 g/mol. The van der Waals surface area contributed by atoms with Crippen molar-refractivity contribution in [3.05, 3.63) is 30.1 Å². The highest BCUT2D eigenvalue weighted by molar-refractivity contribution is 5.09. The number of aromatic nitrogens is 1. The van der Waals surface area contributed by atoms with Crippen molar-refractivity contribution in [3.8, 4) is 6.07 Å². The lowest BCUT2D eigenvalue weighted by atomic mass is 9.89. The molecular weight excluding hydrogens is 222 g/mol. The Morgan fingerprint density at radius 1 is 1.22 bits per heavy atom. The number of hydrogen-bond acceptors (Lipinski definition) is 3. The van der Waals surface area contributed by atoms with Crippen molar-refractivity contribution in [2.24, 2.45) is 5.41 Å². The van der Waals surface area contributed by atoms with Crippen molar-refractivity contribution in [1.29, 1.82) is 5.26 Å². The molecule has 1 N–H and O–H groups in total. The summed E-state index contributed by atoms with van der Waals surface area (Å²) in [6, 6.07) is 6.44. The predicted molar refractivity (Wildman–Crippen MR) is 74.1 cm³/mol. The van der Waals surface area contributed by atoms with Gasteiger partial charge in [0.25, 0.3) is 0 Å². The number of rotatable bonds is 8. The van der Waals surface area contributed by atoms with Crippen LogP contribution in [0.4, 0.5) is 0 Å². The minimum absolute atomic E-state index is 0.170. The molecule has 3 heteroatoms. The van der Waals surface area contributed by atoms with Gasteiger partial charge in [-0.3, -0.25) is 4.98 Å². The minimum atomic E-state index is -0.170. The van der Waals surface area contributed by atoms with Crippen LogP contribution in [0.5, 0.6) is 0 Å². The molecule has 0 radical (unpaired) electrons. The van der Waals surface area contributed by atoms with Gasteiger partial charge in [0, 0.05) is 12.4 Å². The molecule has 0 unspecified atom stereocenters. The van der Waals surface area contributed by atoms with Crippen LogP contribution in [0.15, 0.2) is 24.5 Å². The van der Waals surface area contributed by atoms with Gasteiger partial charge < -0.3 is 5.32 Å². The lowest BCUT2D eigenvalue weighted by Crippen LogP contribution is -2.19. The number of pyridine rings is 1. The van der Waals surface area contributed by atoms with Crippen molar-refractivity contribution in [2.45, 2.75) is 39.5 Å². The van der Waals surface area contributed by atoms with Crippen LogP contribution < -0.4 is 5.32 Å². The average Bonchev–Trinajstić information content (AvgIpc) is 2.39. The number of nitrogens with one attached hydrogen (secondary N) is 1. The normalized spacial score (nSPS) is 11.2. The van der Waals surface area contributed by atoms with E-state index in [1.165, 1.54) is 5.56 Å². The molecule has 3 nitrogen and oxygen atoms in total. The van der Waals surface area contributed by atoms with Crippen LogP contribution in [0.1, 0.15) is 38.7 Å². The van der Waals surface area contributed by atoms with Gasteiger partial charge >= 0.3 is 0 Å². The Labute approximate surface area is 110 Å². The maximum atomic E-state index is 8.89. The van der Waals surface area contributed by atoms with Gasteiger partial charge in [0.1, 0.15) is 0 Å². The first-order chi connectivity index (χ1) is 8.64. The van der Waals surface area contributed by atoms with Crippen molar-refractivity contribution in [1.82, 2.24) is 10.3 Å². The van der Waals surface area contributed by atoms with E-state index in [4.69, 9.17) is 5.26 Å². The fraction of sp³-hybridized carbons (Fsp3) is 0.600. The molecule has 0 aliphatic carbocycles. The summed E-state index contributed by atoms with van der Waals surface area (Å²) >= 11 is 0. The van der Waals surface area contributed by atoms with E-state index >= 15 is 0 Å². The second-order valence-electron chi connectivity index (χ2n) is 5.31. The lowest BCUT2D eigenvalue weighted by molar-refractivity contribution is 0.423. The van der Waals surface area contributed by atoms with Crippen LogP contribution in [0, 0.1) is 16.7 Å². The third-order valence-electron chi connectivity index (χ3n) is 3.05. The van der Waals surface area contributed by atoms with Gasteiger partial charge in [0.05, 0.1) is 11.5 Å². The SMILES string of the molecule is CC(C)(C#N)CCCCNCCc1ccncc1. The first-order valence-corrected chi connectivity index (χ1v) is 6.65. The van der Waals surface area contributed by atoms with Crippen LogP contribution in [0.3, 0.4) is 0 Å². The molecule has 1 rings (SSSR count). The van der Waals surface area contributed by atoms with Gasteiger partial charge in [-0.2, -0.15) is 5.26 Å². The summed E-state index contributed by atoms with van der Waals surface area (Å²) in [6.07, 6.45) is 7.95. The zero-order chi connectivity index (χ0) is 13.3. The van der Waals surface area contributed by atoms with Crippen LogP contribution in [0.25, 0.3) is 0 Å². The molecule has 1 aromatic heterocycles. The lowest BCUT2D eigenvalue weighted by Gasteiger charge is -2.14. The van der Waals surface area contributed by atoms with E-state index in [9.17, 15) is 0 Å². The summed E-state index contributed by atoms with van der Waals surface area (Å²) < 4.78 is 0. The van der Waals surface area contributed by atoms with Gasteiger partial charge in [-0.15, -0.1) is 0 Å². The van der Waals surface area contributed by atoms with Crippen LogP contribution in [-0.4, -0.2) is 18.1 Å². The molecule has 0 fully saturated rings. The predicted octanol–water partition coefficient (Wildman–Crippen LogP) is 2.93. The van der Waals surface area contributed by atoms with E-state index < -0.39 is 0 Å². The molecule has 0 saturated heterocycles. The first-order valence-electron chi connectivity index (χ1n) is 6.65. The van der Waals surface area contributed by atoms with E-state index in [0.29, 0.717) is 0 Å². The summed E-state index contributed by atoms with van der Waals surface area (Å²) in [5, 5.41) is 12.3. The van der Waals surface area contributed by atoms with E-state index in [1.807, 2.05) is 26.2 Å². The summed E-state index contributed by atoms with van der Waals surface area (Å²) in [5.74, 6) is 0. The second kappa shape index (κ2) is 7.84.